The lowest BCUT2D eigenvalue weighted by Crippen LogP contribution is -2.29. The molecule has 0 aromatic heterocycles. The largest absolute Gasteiger partial charge is 0.490 e. The smallest absolute Gasteiger partial charge is 0.309 e. The fourth-order valence-electron chi connectivity index (χ4n) is 5.72. The lowest BCUT2D eigenvalue weighted by molar-refractivity contribution is 0.0530. The van der Waals surface area contributed by atoms with E-state index in [1.807, 2.05) is 98.8 Å². The lowest BCUT2D eigenvalue weighted by Gasteiger charge is -2.22. The fraction of sp³-hybridized carbons (Fsp3) is 0.158. The van der Waals surface area contributed by atoms with Crippen LogP contribution >= 0.6 is 0 Å². The maximum atomic E-state index is 13.8. The number of anilines is 1. The molecule has 0 spiro atoms. The fourth-order valence-corrected chi connectivity index (χ4v) is 5.72. The number of nitrogens with one attached hydrogen (secondary N) is 1. The van der Waals surface area contributed by atoms with Crippen molar-refractivity contribution in [1.29, 1.82) is 0 Å². The SMILES string of the molecule is COC(=O)c1c(C(=O)OC)c(C(=O)OC)[c-]([N+](=C(Nc2cccc(C)c2)c2cccc3ccccc23)c2cccc(C)c2)c1C(=O)OC. The van der Waals surface area contributed by atoms with Crippen LogP contribution in [0.4, 0.5) is 17.1 Å². The molecule has 0 fully saturated rings. The summed E-state index contributed by atoms with van der Waals surface area (Å²) in [6.07, 6.45) is 0. The van der Waals surface area contributed by atoms with Crippen molar-refractivity contribution in [2.24, 2.45) is 0 Å². The van der Waals surface area contributed by atoms with Gasteiger partial charge in [-0.05, 0) is 54.4 Å². The molecule has 1 N–H and O–H groups in total. The number of esters is 4. The van der Waals surface area contributed by atoms with Gasteiger partial charge in [-0.2, -0.15) is 0 Å². The predicted octanol–water partition coefficient (Wildman–Crippen LogP) is 6.72. The summed E-state index contributed by atoms with van der Waals surface area (Å²) in [5.74, 6) is -3.74. The molecule has 0 saturated carbocycles. The summed E-state index contributed by atoms with van der Waals surface area (Å²) in [7, 11) is 4.46. The van der Waals surface area contributed by atoms with E-state index in [-0.39, 0.29) is 5.69 Å². The first-order valence-corrected chi connectivity index (χ1v) is 14.9. The molecule has 0 aliphatic carbocycles. The molecule has 5 aromatic carbocycles. The summed E-state index contributed by atoms with van der Waals surface area (Å²) in [4.78, 5) is 54.7. The molecule has 0 atom stereocenters. The summed E-state index contributed by atoms with van der Waals surface area (Å²) in [5, 5.41) is 5.28. The van der Waals surface area contributed by atoms with Crippen LogP contribution in [-0.2, 0) is 18.9 Å². The van der Waals surface area contributed by atoms with E-state index in [0.717, 1.165) is 50.3 Å². The molecule has 10 heteroatoms. The molecule has 0 aliphatic rings. The van der Waals surface area contributed by atoms with Crippen LogP contribution in [0.5, 0.6) is 0 Å². The van der Waals surface area contributed by atoms with Gasteiger partial charge >= 0.3 is 11.9 Å². The Kier molecular flexibility index (Phi) is 9.75. The van der Waals surface area contributed by atoms with E-state index in [4.69, 9.17) is 18.9 Å². The van der Waals surface area contributed by atoms with Crippen LogP contribution in [0.1, 0.15) is 58.1 Å². The van der Waals surface area contributed by atoms with Gasteiger partial charge in [-0.1, -0.05) is 72.3 Å². The van der Waals surface area contributed by atoms with Gasteiger partial charge in [0.1, 0.15) is 5.69 Å². The standard InChI is InChI=1S/C38H34N2O8/c1-22-12-9-16-25(20-22)39-34(28-19-11-15-24-14-7-8-18-27(24)28)40(26-17-10-13-23(2)21-26)33-31(37(43)47-5)29(35(41)45-3)30(36(42)46-4)32(33)38(44)48-6/h7-21,39H,1-6H3. The van der Waals surface area contributed by atoms with E-state index in [0.29, 0.717) is 22.8 Å². The molecule has 5 aromatic rings. The highest BCUT2D eigenvalue weighted by molar-refractivity contribution is 6.24. The van der Waals surface area contributed by atoms with Gasteiger partial charge in [0.25, 0.3) is 11.9 Å². The Morgan fingerprint density at radius 1 is 0.604 bits per heavy atom. The molecule has 0 heterocycles. The van der Waals surface area contributed by atoms with Gasteiger partial charge in [0.05, 0.1) is 39.8 Å². The van der Waals surface area contributed by atoms with E-state index >= 15 is 0 Å². The first kappa shape index (κ1) is 33.2. The average molecular weight is 647 g/mol. The number of methoxy groups -OCH3 is 4. The zero-order valence-corrected chi connectivity index (χ0v) is 27.4. The van der Waals surface area contributed by atoms with Crippen molar-refractivity contribution in [1.82, 2.24) is 4.58 Å². The Morgan fingerprint density at radius 3 is 1.69 bits per heavy atom. The average Bonchev–Trinajstić information content (AvgIpc) is 3.45. The quantitative estimate of drug-likeness (QED) is 0.0489. The second-order valence-electron chi connectivity index (χ2n) is 10.9. The molecule has 0 unspecified atom stereocenters. The summed E-state index contributed by atoms with van der Waals surface area (Å²) >= 11 is 0. The number of carbonyl (C=O) groups is 4. The Hall–Kier alpha value is -6.16. The van der Waals surface area contributed by atoms with Crippen molar-refractivity contribution in [3.05, 3.63) is 130 Å². The van der Waals surface area contributed by atoms with Gasteiger partial charge in [-0.3, -0.25) is 29.1 Å². The third-order valence-electron chi connectivity index (χ3n) is 7.81. The molecule has 0 aliphatic heterocycles. The molecule has 0 radical (unpaired) electrons. The first-order chi connectivity index (χ1) is 23.1. The van der Waals surface area contributed by atoms with Crippen molar-refractivity contribution < 1.29 is 38.1 Å². The van der Waals surface area contributed by atoms with Crippen LogP contribution in [0.25, 0.3) is 10.8 Å². The van der Waals surface area contributed by atoms with Crippen LogP contribution in [-0.4, -0.2) is 58.2 Å². The third kappa shape index (κ3) is 6.15. The number of hydrogen-bond acceptors (Lipinski definition) is 8. The van der Waals surface area contributed by atoms with Crippen LogP contribution < -0.4 is 9.89 Å². The first-order valence-electron chi connectivity index (χ1n) is 14.9. The highest BCUT2D eigenvalue weighted by atomic mass is 16.5. The van der Waals surface area contributed by atoms with Gasteiger partial charge in [0.2, 0.25) is 5.84 Å². The number of carbonyl (C=O) groups excluding carboxylic acids is 4. The minimum absolute atomic E-state index is 0.150. The monoisotopic (exact) mass is 646 g/mol. The number of hydrogen-bond donors (Lipinski definition) is 1. The van der Waals surface area contributed by atoms with Gasteiger partial charge in [0, 0.05) is 27.8 Å². The molecule has 0 saturated heterocycles. The van der Waals surface area contributed by atoms with Crippen molar-refractivity contribution in [2.45, 2.75) is 13.8 Å². The van der Waals surface area contributed by atoms with Gasteiger partial charge in [0.15, 0.2) is 0 Å². The Morgan fingerprint density at radius 2 is 1.12 bits per heavy atom. The Bertz CT molecular complexity index is 2050. The minimum Gasteiger partial charge on any atom is -0.490 e. The normalized spacial score (nSPS) is 11.4. The summed E-state index contributed by atoms with van der Waals surface area (Å²) in [6.45, 7) is 3.84. The molecular weight excluding hydrogens is 612 g/mol. The molecule has 0 bridgehead atoms. The number of amidine groups is 1. The minimum atomic E-state index is -1.06. The lowest BCUT2D eigenvalue weighted by atomic mass is 10.0. The second kappa shape index (κ2) is 14.1. The number of aryl methyl sites for hydroxylation is 2. The van der Waals surface area contributed by atoms with Gasteiger partial charge in [-0.25, -0.2) is 0 Å². The highest BCUT2D eigenvalue weighted by Gasteiger charge is 2.38. The molecule has 244 valence electrons. The van der Waals surface area contributed by atoms with Crippen LogP contribution in [0.2, 0.25) is 0 Å². The zero-order valence-electron chi connectivity index (χ0n) is 27.4. The number of rotatable bonds is 8. The van der Waals surface area contributed by atoms with Crippen molar-refractivity contribution in [3.8, 4) is 0 Å². The maximum Gasteiger partial charge on any atom is 0.309 e. The van der Waals surface area contributed by atoms with Gasteiger partial charge in [-0.15, -0.1) is 0 Å². The molecule has 10 nitrogen and oxygen atoms in total. The van der Waals surface area contributed by atoms with Crippen molar-refractivity contribution in [3.63, 3.8) is 0 Å². The molecule has 5 rings (SSSR count). The third-order valence-corrected chi connectivity index (χ3v) is 7.81. The topological polar surface area (TPSA) is 120 Å². The van der Waals surface area contributed by atoms with E-state index in [1.165, 1.54) is 0 Å². The summed E-state index contributed by atoms with van der Waals surface area (Å²) in [6, 6.07) is 28.5. The summed E-state index contributed by atoms with van der Waals surface area (Å²) in [5.41, 5.74) is 1.71. The number of fused-ring (bicyclic) bond motifs is 1. The van der Waals surface area contributed by atoms with Crippen molar-refractivity contribution in [2.75, 3.05) is 33.8 Å². The van der Waals surface area contributed by atoms with Gasteiger partial charge < -0.3 is 18.9 Å². The zero-order chi connectivity index (χ0) is 34.5. The van der Waals surface area contributed by atoms with Crippen LogP contribution in [0, 0.1) is 13.8 Å². The van der Waals surface area contributed by atoms with Crippen molar-refractivity contribution >= 4 is 57.5 Å². The summed E-state index contributed by atoms with van der Waals surface area (Å²) < 4.78 is 22.1. The van der Waals surface area contributed by atoms with E-state index in [9.17, 15) is 19.2 Å². The number of benzene rings is 4. The predicted molar refractivity (Wildman–Crippen MR) is 183 cm³/mol. The Labute approximate surface area is 277 Å². The second-order valence-corrected chi connectivity index (χ2v) is 10.9. The molecule has 0 amide bonds. The highest BCUT2D eigenvalue weighted by Crippen LogP contribution is 2.41. The van der Waals surface area contributed by atoms with Crippen LogP contribution in [0.15, 0.2) is 91.0 Å². The van der Waals surface area contributed by atoms with E-state index in [1.54, 1.807) is 10.6 Å². The maximum absolute atomic E-state index is 13.8. The molecule has 48 heavy (non-hydrogen) atoms. The number of nitrogens with zero attached hydrogens (tertiary/aromatic N) is 1. The van der Waals surface area contributed by atoms with E-state index < -0.39 is 46.1 Å². The number of ether oxygens (including phenoxy) is 4. The Balaban J connectivity index is 2.13. The van der Waals surface area contributed by atoms with E-state index in [2.05, 4.69) is 5.32 Å². The van der Waals surface area contributed by atoms with Crippen LogP contribution in [0.3, 0.4) is 0 Å². The molecular formula is C38H34N2O8.